The summed E-state index contributed by atoms with van der Waals surface area (Å²) in [5, 5.41) is 14.9. The van der Waals surface area contributed by atoms with Gasteiger partial charge < -0.3 is 15.7 Å². The molecule has 2 aromatic carbocycles. The highest BCUT2D eigenvalue weighted by atomic mass is 16.3. The molecule has 0 aliphatic heterocycles. The van der Waals surface area contributed by atoms with Crippen molar-refractivity contribution in [3.05, 3.63) is 71.8 Å². The van der Waals surface area contributed by atoms with Crippen LogP contribution in [0.5, 0.6) is 0 Å². The zero-order valence-corrected chi connectivity index (χ0v) is 12.7. The van der Waals surface area contributed by atoms with Gasteiger partial charge >= 0.3 is 6.03 Å². The van der Waals surface area contributed by atoms with Gasteiger partial charge in [-0.1, -0.05) is 60.7 Å². The molecule has 3 N–H and O–H groups in total. The Morgan fingerprint density at radius 3 is 2.23 bits per heavy atom. The summed E-state index contributed by atoms with van der Waals surface area (Å²) in [4.78, 5) is 12.0. The summed E-state index contributed by atoms with van der Waals surface area (Å²) in [7, 11) is 0. The van der Waals surface area contributed by atoms with Crippen LogP contribution < -0.4 is 10.6 Å². The Hall–Kier alpha value is -2.33. The molecule has 4 nitrogen and oxygen atoms in total. The first-order chi connectivity index (χ1) is 10.6. The van der Waals surface area contributed by atoms with Crippen molar-refractivity contribution in [2.24, 2.45) is 0 Å². The van der Waals surface area contributed by atoms with Crippen LogP contribution in [0.25, 0.3) is 0 Å². The molecule has 0 radical (unpaired) electrons. The third-order valence-electron chi connectivity index (χ3n) is 3.35. The van der Waals surface area contributed by atoms with Gasteiger partial charge in [0.05, 0.1) is 12.1 Å². The minimum absolute atomic E-state index is 0.113. The van der Waals surface area contributed by atoms with Crippen LogP contribution in [0, 0.1) is 0 Å². The molecule has 4 heteroatoms. The van der Waals surface area contributed by atoms with Crippen molar-refractivity contribution in [1.29, 1.82) is 0 Å². The van der Waals surface area contributed by atoms with Gasteiger partial charge in [-0.15, -0.1) is 0 Å². The van der Waals surface area contributed by atoms with Crippen LogP contribution in [0.3, 0.4) is 0 Å². The smallest absolute Gasteiger partial charge is 0.315 e. The standard InChI is InChI=1S/C18H22N2O2/c1-14(21)13-19-18(22)20-17(16-10-6-3-7-11-16)12-15-8-4-2-5-9-15/h2-11,14,17,21H,12-13H2,1H3,(H2,19,20,22)/t14-,17+/m1/s1. The summed E-state index contributed by atoms with van der Waals surface area (Å²) in [6.45, 7) is 1.87. The molecule has 2 atom stereocenters. The molecule has 2 amide bonds. The number of benzene rings is 2. The Morgan fingerprint density at radius 2 is 1.64 bits per heavy atom. The largest absolute Gasteiger partial charge is 0.392 e. The van der Waals surface area contributed by atoms with Gasteiger partial charge in [0.15, 0.2) is 0 Å². The summed E-state index contributed by atoms with van der Waals surface area (Å²) < 4.78 is 0. The van der Waals surface area contributed by atoms with E-state index in [1.807, 2.05) is 60.7 Å². The zero-order valence-electron chi connectivity index (χ0n) is 12.7. The van der Waals surface area contributed by atoms with Gasteiger partial charge in [0.25, 0.3) is 0 Å². The van der Waals surface area contributed by atoms with Gasteiger partial charge in [-0.05, 0) is 24.5 Å². The molecular weight excluding hydrogens is 276 g/mol. The fourth-order valence-electron chi connectivity index (χ4n) is 2.24. The molecular formula is C18H22N2O2. The molecule has 0 aliphatic rings. The van der Waals surface area contributed by atoms with Crippen molar-refractivity contribution in [2.45, 2.75) is 25.5 Å². The van der Waals surface area contributed by atoms with Crippen LogP contribution in [-0.2, 0) is 6.42 Å². The van der Waals surface area contributed by atoms with E-state index in [9.17, 15) is 9.90 Å². The van der Waals surface area contributed by atoms with Gasteiger partial charge in [0.1, 0.15) is 0 Å². The lowest BCUT2D eigenvalue weighted by atomic mass is 9.99. The molecule has 116 valence electrons. The Kier molecular flexibility index (Phi) is 5.98. The number of carbonyl (C=O) groups excluding carboxylic acids is 1. The summed E-state index contributed by atoms with van der Waals surface area (Å²) in [6.07, 6.45) is 0.155. The van der Waals surface area contributed by atoms with Crippen molar-refractivity contribution < 1.29 is 9.90 Å². The number of hydrogen-bond donors (Lipinski definition) is 3. The van der Waals surface area contributed by atoms with Crippen molar-refractivity contribution in [2.75, 3.05) is 6.54 Å². The number of nitrogens with one attached hydrogen (secondary N) is 2. The molecule has 0 unspecified atom stereocenters. The molecule has 2 aromatic rings. The first kappa shape index (κ1) is 16.0. The first-order valence-electron chi connectivity index (χ1n) is 7.46. The van der Waals surface area contributed by atoms with E-state index in [0.29, 0.717) is 6.42 Å². The van der Waals surface area contributed by atoms with E-state index in [1.54, 1.807) is 6.92 Å². The molecule has 0 aliphatic carbocycles. The Labute approximate surface area is 131 Å². The van der Waals surface area contributed by atoms with E-state index in [-0.39, 0.29) is 18.6 Å². The minimum atomic E-state index is -0.560. The van der Waals surface area contributed by atoms with Crippen molar-refractivity contribution >= 4 is 6.03 Å². The molecule has 0 spiro atoms. The average molecular weight is 298 g/mol. The quantitative estimate of drug-likeness (QED) is 0.768. The van der Waals surface area contributed by atoms with E-state index in [0.717, 1.165) is 11.1 Å². The maximum absolute atomic E-state index is 12.0. The summed E-state index contributed by atoms with van der Waals surface area (Å²) in [5.74, 6) is 0. The highest BCUT2D eigenvalue weighted by Crippen LogP contribution is 2.18. The fourth-order valence-corrected chi connectivity index (χ4v) is 2.24. The van der Waals surface area contributed by atoms with Crippen LogP contribution in [0.2, 0.25) is 0 Å². The van der Waals surface area contributed by atoms with Crippen LogP contribution >= 0.6 is 0 Å². The van der Waals surface area contributed by atoms with Gasteiger partial charge in [-0.25, -0.2) is 4.79 Å². The molecule has 0 saturated carbocycles. The summed E-state index contributed by atoms with van der Waals surface area (Å²) in [5.41, 5.74) is 2.21. The SMILES string of the molecule is C[C@@H](O)CNC(=O)N[C@@H](Cc1ccccc1)c1ccccc1. The summed E-state index contributed by atoms with van der Waals surface area (Å²) in [6, 6.07) is 19.5. The third-order valence-corrected chi connectivity index (χ3v) is 3.35. The summed E-state index contributed by atoms with van der Waals surface area (Å²) >= 11 is 0. The topological polar surface area (TPSA) is 61.4 Å². The van der Waals surface area contributed by atoms with Gasteiger partial charge in [0.2, 0.25) is 0 Å². The number of aliphatic hydroxyl groups excluding tert-OH is 1. The predicted octanol–water partition coefficient (Wildman–Crippen LogP) is 2.65. The van der Waals surface area contributed by atoms with Crippen LogP contribution in [0.1, 0.15) is 24.1 Å². The fraction of sp³-hybridized carbons (Fsp3) is 0.278. The molecule has 0 saturated heterocycles. The molecule has 0 heterocycles. The number of rotatable bonds is 6. The van der Waals surface area contributed by atoms with Crippen LogP contribution in [-0.4, -0.2) is 23.8 Å². The van der Waals surface area contributed by atoms with Gasteiger partial charge in [-0.2, -0.15) is 0 Å². The Morgan fingerprint density at radius 1 is 1.05 bits per heavy atom. The minimum Gasteiger partial charge on any atom is -0.392 e. The highest BCUT2D eigenvalue weighted by Gasteiger charge is 2.15. The lowest BCUT2D eigenvalue weighted by Gasteiger charge is -2.20. The number of hydrogen-bond acceptors (Lipinski definition) is 2. The number of amides is 2. The van der Waals surface area contributed by atoms with Crippen molar-refractivity contribution in [3.63, 3.8) is 0 Å². The normalized spacial score (nSPS) is 13.2. The number of aliphatic hydroxyl groups is 1. The Balaban J connectivity index is 2.07. The van der Waals surface area contributed by atoms with E-state index in [1.165, 1.54) is 0 Å². The van der Waals surface area contributed by atoms with E-state index in [2.05, 4.69) is 10.6 Å². The second-order valence-corrected chi connectivity index (χ2v) is 5.36. The highest BCUT2D eigenvalue weighted by molar-refractivity contribution is 5.74. The lowest BCUT2D eigenvalue weighted by Crippen LogP contribution is -2.41. The first-order valence-corrected chi connectivity index (χ1v) is 7.46. The average Bonchev–Trinajstić information content (AvgIpc) is 2.54. The van der Waals surface area contributed by atoms with Crippen molar-refractivity contribution in [1.82, 2.24) is 10.6 Å². The molecule has 22 heavy (non-hydrogen) atoms. The third kappa shape index (κ3) is 5.22. The van der Waals surface area contributed by atoms with Crippen LogP contribution in [0.4, 0.5) is 4.79 Å². The van der Waals surface area contributed by atoms with E-state index in [4.69, 9.17) is 0 Å². The second kappa shape index (κ2) is 8.20. The van der Waals surface area contributed by atoms with Crippen LogP contribution in [0.15, 0.2) is 60.7 Å². The predicted molar refractivity (Wildman–Crippen MR) is 87.5 cm³/mol. The van der Waals surface area contributed by atoms with E-state index < -0.39 is 6.10 Å². The maximum Gasteiger partial charge on any atom is 0.315 e. The molecule has 0 bridgehead atoms. The zero-order chi connectivity index (χ0) is 15.8. The molecule has 0 fully saturated rings. The van der Waals surface area contributed by atoms with Gasteiger partial charge in [-0.3, -0.25) is 0 Å². The molecule has 0 aromatic heterocycles. The van der Waals surface area contributed by atoms with Gasteiger partial charge in [0, 0.05) is 6.54 Å². The van der Waals surface area contributed by atoms with E-state index >= 15 is 0 Å². The number of carbonyl (C=O) groups is 1. The lowest BCUT2D eigenvalue weighted by molar-refractivity contribution is 0.186. The second-order valence-electron chi connectivity index (χ2n) is 5.36. The van der Waals surface area contributed by atoms with Crippen molar-refractivity contribution in [3.8, 4) is 0 Å². The number of urea groups is 1. The maximum atomic E-state index is 12.0. The Bertz CT molecular complexity index is 570. The monoisotopic (exact) mass is 298 g/mol. The molecule has 2 rings (SSSR count).